The molecule has 2 rings (SSSR count). The zero-order valence-electron chi connectivity index (χ0n) is 12.9. The lowest BCUT2D eigenvalue weighted by atomic mass is 10.0. The number of amides is 1. The number of piperazine rings is 1. The van der Waals surface area contributed by atoms with E-state index in [0.29, 0.717) is 12.1 Å². The Balaban J connectivity index is 1.89. The highest BCUT2D eigenvalue weighted by Crippen LogP contribution is 2.16. The van der Waals surface area contributed by atoms with Crippen LogP contribution >= 0.6 is 0 Å². The van der Waals surface area contributed by atoms with Crippen molar-refractivity contribution in [2.45, 2.75) is 26.3 Å². The number of H-pyrrole nitrogens is 1. The highest BCUT2D eigenvalue weighted by molar-refractivity contribution is 5.94. The molecule has 2 heterocycles. The van der Waals surface area contributed by atoms with Gasteiger partial charge >= 0.3 is 0 Å². The van der Waals surface area contributed by atoms with E-state index in [4.69, 9.17) is 0 Å². The van der Waals surface area contributed by atoms with Crippen LogP contribution in [0, 0.1) is 6.92 Å². The lowest BCUT2D eigenvalue weighted by molar-refractivity contribution is 0.0588. The second-order valence-corrected chi connectivity index (χ2v) is 6.19. The van der Waals surface area contributed by atoms with E-state index < -0.39 is 0 Å². The van der Waals surface area contributed by atoms with Crippen molar-refractivity contribution in [2.75, 3.05) is 39.8 Å². The maximum absolute atomic E-state index is 12.1. The van der Waals surface area contributed by atoms with Crippen LogP contribution in [0.1, 0.15) is 29.9 Å². The molecule has 0 spiro atoms. The van der Waals surface area contributed by atoms with E-state index >= 15 is 0 Å². The second-order valence-electron chi connectivity index (χ2n) is 6.19. The van der Waals surface area contributed by atoms with Crippen molar-refractivity contribution in [3.05, 3.63) is 17.5 Å². The van der Waals surface area contributed by atoms with E-state index in [0.717, 1.165) is 31.9 Å². The number of aromatic amines is 1. The topological polar surface area (TPSA) is 64.3 Å². The fourth-order valence-electron chi connectivity index (χ4n) is 2.50. The van der Waals surface area contributed by atoms with Crippen molar-refractivity contribution in [1.82, 2.24) is 25.3 Å². The van der Waals surface area contributed by atoms with Gasteiger partial charge in [0, 0.05) is 44.0 Å². The predicted octanol–water partition coefficient (Wildman–Crippen LogP) is 0.474. The van der Waals surface area contributed by atoms with Gasteiger partial charge in [-0.05, 0) is 27.8 Å². The minimum absolute atomic E-state index is 0.0332. The van der Waals surface area contributed by atoms with Gasteiger partial charge in [0.2, 0.25) is 0 Å². The number of rotatable bonds is 4. The van der Waals surface area contributed by atoms with Crippen molar-refractivity contribution < 1.29 is 4.79 Å². The molecule has 1 amide bonds. The summed E-state index contributed by atoms with van der Waals surface area (Å²) in [5, 5.41) is 9.69. The maximum Gasteiger partial charge on any atom is 0.254 e. The van der Waals surface area contributed by atoms with Crippen LogP contribution < -0.4 is 5.32 Å². The number of aromatic nitrogens is 2. The summed E-state index contributed by atoms with van der Waals surface area (Å²) in [5.74, 6) is -0.0570. The number of hydrogen-bond donors (Lipinski definition) is 2. The number of hydrogen-bond acceptors (Lipinski definition) is 4. The Morgan fingerprint density at radius 1 is 1.40 bits per heavy atom. The van der Waals surface area contributed by atoms with Gasteiger partial charge in [0.1, 0.15) is 0 Å². The molecule has 6 nitrogen and oxygen atoms in total. The summed E-state index contributed by atoms with van der Waals surface area (Å²) in [6.07, 6.45) is 1.58. The molecule has 0 saturated carbocycles. The first-order chi connectivity index (χ1) is 9.40. The van der Waals surface area contributed by atoms with Gasteiger partial charge in [0.15, 0.2) is 0 Å². The molecule has 0 radical (unpaired) electrons. The Morgan fingerprint density at radius 2 is 2.05 bits per heavy atom. The normalized spacial score (nSPS) is 18.2. The Kier molecular flexibility index (Phi) is 4.45. The molecule has 1 saturated heterocycles. The van der Waals surface area contributed by atoms with Gasteiger partial charge in [0.25, 0.3) is 5.91 Å². The molecule has 112 valence electrons. The SMILES string of the molecule is Cc1[nH]ncc1C(=O)NCC(C)(C)N1CCN(C)CC1. The summed E-state index contributed by atoms with van der Waals surface area (Å²) < 4.78 is 0. The third kappa shape index (κ3) is 3.37. The third-order valence-corrected chi connectivity index (χ3v) is 4.12. The van der Waals surface area contributed by atoms with Crippen molar-refractivity contribution in [2.24, 2.45) is 0 Å². The van der Waals surface area contributed by atoms with Gasteiger partial charge in [-0.2, -0.15) is 5.10 Å². The highest BCUT2D eigenvalue weighted by Gasteiger charge is 2.29. The van der Waals surface area contributed by atoms with Crippen molar-refractivity contribution in [1.29, 1.82) is 0 Å². The van der Waals surface area contributed by atoms with Gasteiger partial charge in [-0.15, -0.1) is 0 Å². The average Bonchev–Trinajstić information content (AvgIpc) is 2.83. The van der Waals surface area contributed by atoms with Crippen molar-refractivity contribution in [3.63, 3.8) is 0 Å². The minimum Gasteiger partial charge on any atom is -0.350 e. The molecule has 0 atom stereocenters. The van der Waals surface area contributed by atoms with Crippen molar-refractivity contribution >= 4 is 5.91 Å². The Labute approximate surface area is 120 Å². The molecule has 1 aromatic heterocycles. The van der Waals surface area contributed by atoms with Gasteiger partial charge in [-0.3, -0.25) is 14.8 Å². The van der Waals surface area contributed by atoms with E-state index in [-0.39, 0.29) is 11.4 Å². The zero-order valence-corrected chi connectivity index (χ0v) is 12.9. The smallest absolute Gasteiger partial charge is 0.254 e. The van der Waals surface area contributed by atoms with Crippen LogP contribution in [0.5, 0.6) is 0 Å². The number of carbonyl (C=O) groups is 1. The third-order valence-electron chi connectivity index (χ3n) is 4.12. The molecule has 1 aliphatic rings. The Bertz CT molecular complexity index is 460. The fourth-order valence-corrected chi connectivity index (χ4v) is 2.50. The predicted molar refractivity (Wildman–Crippen MR) is 78.8 cm³/mol. The molecule has 1 aliphatic heterocycles. The van der Waals surface area contributed by atoms with E-state index in [9.17, 15) is 4.79 Å². The van der Waals surface area contributed by atoms with E-state index in [1.807, 2.05) is 6.92 Å². The number of carbonyl (C=O) groups excluding carboxylic acids is 1. The van der Waals surface area contributed by atoms with E-state index in [1.54, 1.807) is 6.20 Å². The molecular weight excluding hydrogens is 254 g/mol. The van der Waals surface area contributed by atoms with Crippen LogP contribution in [0.15, 0.2) is 6.20 Å². The molecule has 0 bridgehead atoms. The minimum atomic E-state index is -0.0570. The van der Waals surface area contributed by atoms with Crippen LogP contribution in [0.2, 0.25) is 0 Å². The summed E-state index contributed by atoms with van der Waals surface area (Å²) in [7, 11) is 2.15. The number of likely N-dealkylation sites (N-methyl/N-ethyl adjacent to an activating group) is 1. The molecule has 0 aliphatic carbocycles. The average molecular weight is 279 g/mol. The second kappa shape index (κ2) is 5.93. The summed E-state index contributed by atoms with van der Waals surface area (Å²) in [5.41, 5.74) is 1.40. The Morgan fingerprint density at radius 3 is 2.60 bits per heavy atom. The molecule has 1 aromatic rings. The molecule has 2 N–H and O–H groups in total. The first-order valence-corrected chi connectivity index (χ1v) is 7.12. The lowest BCUT2D eigenvalue weighted by Crippen LogP contribution is -2.57. The van der Waals surface area contributed by atoms with Gasteiger partial charge < -0.3 is 10.2 Å². The van der Waals surface area contributed by atoms with Crippen LogP contribution in [-0.4, -0.2) is 71.2 Å². The van der Waals surface area contributed by atoms with E-state index in [1.165, 1.54) is 0 Å². The lowest BCUT2D eigenvalue weighted by Gasteiger charge is -2.43. The highest BCUT2D eigenvalue weighted by atomic mass is 16.1. The van der Waals surface area contributed by atoms with Crippen LogP contribution in [0.3, 0.4) is 0 Å². The molecule has 0 aromatic carbocycles. The van der Waals surface area contributed by atoms with Crippen LogP contribution in [0.25, 0.3) is 0 Å². The monoisotopic (exact) mass is 279 g/mol. The molecule has 20 heavy (non-hydrogen) atoms. The number of nitrogens with one attached hydrogen (secondary N) is 2. The largest absolute Gasteiger partial charge is 0.350 e. The molecule has 1 fully saturated rings. The number of nitrogens with zero attached hydrogens (tertiary/aromatic N) is 3. The van der Waals surface area contributed by atoms with Crippen molar-refractivity contribution in [3.8, 4) is 0 Å². The van der Waals surface area contributed by atoms with Crippen LogP contribution in [-0.2, 0) is 0 Å². The molecular formula is C14H25N5O. The van der Waals surface area contributed by atoms with Gasteiger partial charge in [-0.1, -0.05) is 0 Å². The molecule has 6 heteroatoms. The fraction of sp³-hybridized carbons (Fsp3) is 0.714. The quantitative estimate of drug-likeness (QED) is 0.841. The molecule has 0 unspecified atom stereocenters. The summed E-state index contributed by atoms with van der Waals surface area (Å²) in [4.78, 5) is 16.9. The van der Waals surface area contributed by atoms with Gasteiger partial charge in [0.05, 0.1) is 11.8 Å². The summed E-state index contributed by atoms with van der Waals surface area (Å²) in [6, 6.07) is 0. The number of aryl methyl sites for hydroxylation is 1. The standard InChI is InChI=1S/C14H25N5O/c1-11-12(9-16-17-11)13(20)15-10-14(2,3)19-7-5-18(4)6-8-19/h9H,5-8,10H2,1-4H3,(H,15,20)(H,16,17). The Hall–Kier alpha value is -1.40. The zero-order chi connectivity index (χ0) is 14.8. The summed E-state index contributed by atoms with van der Waals surface area (Å²) in [6.45, 7) is 11.1. The van der Waals surface area contributed by atoms with E-state index in [2.05, 4.69) is 46.2 Å². The van der Waals surface area contributed by atoms with Crippen LogP contribution in [0.4, 0.5) is 0 Å². The summed E-state index contributed by atoms with van der Waals surface area (Å²) >= 11 is 0. The first-order valence-electron chi connectivity index (χ1n) is 7.12. The first kappa shape index (κ1) is 15.0. The maximum atomic E-state index is 12.1. The van der Waals surface area contributed by atoms with Gasteiger partial charge in [-0.25, -0.2) is 0 Å².